The van der Waals surface area contributed by atoms with Crippen molar-refractivity contribution in [2.45, 2.75) is 81.1 Å². The van der Waals surface area contributed by atoms with E-state index in [-0.39, 0.29) is 0 Å². The Morgan fingerprint density at radius 3 is 1.75 bits per heavy atom. The van der Waals surface area contributed by atoms with Crippen LogP contribution in [0.4, 0.5) is 0 Å². The van der Waals surface area contributed by atoms with Gasteiger partial charge in [-0.2, -0.15) is 0 Å². The van der Waals surface area contributed by atoms with E-state index >= 15 is 0 Å². The second kappa shape index (κ2) is 6.07. The van der Waals surface area contributed by atoms with E-state index < -0.39 is 0 Å². The van der Waals surface area contributed by atoms with Crippen LogP contribution in [0.3, 0.4) is 0 Å². The van der Waals surface area contributed by atoms with Crippen molar-refractivity contribution < 1.29 is 0 Å². The highest BCUT2D eigenvalue weighted by Crippen LogP contribution is 2.36. The highest BCUT2D eigenvalue weighted by atomic mass is 14.3. The molecule has 0 saturated heterocycles. The summed E-state index contributed by atoms with van der Waals surface area (Å²) in [7, 11) is 0. The third-order valence-corrected chi connectivity index (χ3v) is 3.97. The third-order valence-electron chi connectivity index (χ3n) is 3.97. The summed E-state index contributed by atoms with van der Waals surface area (Å²) in [6.45, 7) is 19.0. The van der Waals surface area contributed by atoms with Gasteiger partial charge in [-0.15, -0.1) is 0 Å². The summed E-state index contributed by atoms with van der Waals surface area (Å²) in [6, 6.07) is 0. The zero-order valence-electron chi connectivity index (χ0n) is 13.0. The lowest BCUT2D eigenvalue weighted by Gasteiger charge is -2.32. The Kier molecular flexibility index (Phi) is 6.07. The first-order valence-corrected chi connectivity index (χ1v) is 7.07. The van der Waals surface area contributed by atoms with Crippen LogP contribution < -0.4 is 0 Å². The normalized spacial score (nSPS) is 15.6. The Labute approximate surface area is 104 Å². The van der Waals surface area contributed by atoms with Gasteiger partial charge in [-0.05, 0) is 41.9 Å². The molecule has 0 bridgehead atoms. The summed E-state index contributed by atoms with van der Waals surface area (Å²) < 4.78 is 0. The molecule has 0 radical (unpaired) electrons. The summed E-state index contributed by atoms with van der Waals surface area (Å²) in [5, 5.41) is 0. The quantitative estimate of drug-likeness (QED) is 0.528. The molecule has 0 aliphatic heterocycles. The Bertz CT molecular complexity index is 181. The zero-order chi connectivity index (χ0) is 13.0. The Morgan fingerprint density at radius 1 is 0.938 bits per heavy atom. The average Bonchev–Trinajstić information content (AvgIpc) is 2.10. The molecule has 0 aromatic rings. The fraction of sp³-hybridized carbons (Fsp3) is 1.00. The van der Waals surface area contributed by atoms with Crippen molar-refractivity contribution in [1.29, 1.82) is 0 Å². The zero-order valence-corrected chi connectivity index (χ0v) is 13.0. The van der Waals surface area contributed by atoms with Gasteiger partial charge < -0.3 is 0 Å². The fourth-order valence-electron chi connectivity index (χ4n) is 2.21. The second-order valence-electron chi connectivity index (χ2n) is 7.83. The Hall–Kier alpha value is 0. The molecule has 0 heterocycles. The van der Waals surface area contributed by atoms with Gasteiger partial charge in [0.05, 0.1) is 0 Å². The fourth-order valence-corrected chi connectivity index (χ4v) is 2.21. The first-order chi connectivity index (χ1) is 7.07. The van der Waals surface area contributed by atoms with Crippen molar-refractivity contribution in [3.05, 3.63) is 0 Å². The third kappa shape index (κ3) is 7.30. The molecular formula is C16H34. The molecule has 0 spiro atoms. The highest BCUT2D eigenvalue weighted by molar-refractivity contribution is 4.75. The van der Waals surface area contributed by atoms with Crippen molar-refractivity contribution >= 4 is 0 Å². The van der Waals surface area contributed by atoms with E-state index in [0.717, 1.165) is 11.8 Å². The molecule has 16 heavy (non-hydrogen) atoms. The Morgan fingerprint density at radius 2 is 1.44 bits per heavy atom. The lowest BCUT2D eigenvalue weighted by molar-refractivity contribution is 0.195. The minimum absolute atomic E-state index is 0.477. The smallest absolute Gasteiger partial charge is 0.0357 e. The van der Waals surface area contributed by atoms with Gasteiger partial charge in [0, 0.05) is 0 Å². The first-order valence-electron chi connectivity index (χ1n) is 7.07. The molecule has 0 aromatic carbocycles. The van der Waals surface area contributed by atoms with Gasteiger partial charge in [0.25, 0.3) is 0 Å². The van der Waals surface area contributed by atoms with Crippen molar-refractivity contribution in [1.82, 2.24) is 0 Å². The predicted molar refractivity (Wildman–Crippen MR) is 75.7 cm³/mol. The standard InChI is InChI=1S/C16H34/c1-9-16(7,8)11-10-14(13(2)3)12-15(4,5)6/h13-14H,9-12H2,1-8H3. The number of hydrogen-bond donors (Lipinski definition) is 0. The molecule has 0 nitrogen and oxygen atoms in total. The molecule has 0 aliphatic rings. The van der Waals surface area contributed by atoms with Crippen LogP contribution >= 0.6 is 0 Å². The molecule has 0 aliphatic carbocycles. The van der Waals surface area contributed by atoms with Gasteiger partial charge in [0.2, 0.25) is 0 Å². The van der Waals surface area contributed by atoms with Crippen LogP contribution in [0.2, 0.25) is 0 Å². The molecule has 0 amide bonds. The van der Waals surface area contributed by atoms with Gasteiger partial charge >= 0.3 is 0 Å². The van der Waals surface area contributed by atoms with Crippen molar-refractivity contribution in [2.24, 2.45) is 22.7 Å². The lowest BCUT2D eigenvalue weighted by atomic mass is 9.74. The van der Waals surface area contributed by atoms with Crippen molar-refractivity contribution in [2.75, 3.05) is 0 Å². The first kappa shape index (κ1) is 16.0. The maximum atomic E-state index is 2.40. The molecule has 0 aromatic heterocycles. The summed E-state index contributed by atoms with van der Waals surface area (Å²) in [5.74, 6) is 1.72. The largest absolute Gasteiger partial charge is 0.0649 e. The van der Waals surface area contributed by atoms with Crippen LogP contribution in [-0.2, 0) is 0 Å². The average molecular weight is 226 g/mol. The van der Waals surface area contributed by atoms with Crippen LogP contribution in [0.1, 0.15) is 81.1 Å². The second-order valence-corrected chi connectivity index (χ2v) is 7.83. The maximum absolute atomic E-state index is 2.40. The molecule has 0 heteroatoms. The van der Waals surface area contributed by atoms with E-state index in [1.165, 1.54) is 25.7 Å². The molecule has 0 fully saturated rings. The number of rotatable bonds is 6. The van der Waals surface area contributed by atoms with E-state index in [1.807, 2.05) is 0 Å². The van der Waals surface area contributed by atoms with Crippen molar-refractivity contribution in [3.8, 4) is 0 Å². The topological polar surface area (TPSA) is 0 Å². The number of hydrogen-bond acceptors (Lipinski definition) is 0. The van der Waals surface area contributed by atoms with E-state index in [1.54, 1.807) is 0 Å². The van der Waals surface area contributed by atoms with Crippen LogP contribution in [0.15, 0.2) is 0 Å². The summed E-state index contributed by atoms with van der Waals surface area (Å²) in [6.07, 6.45) is 5.44. The molecule has 0 saturated carbocycles. The molecule has 0 N–H and O–H groups in total. The SMILES string of the molecule is CCC(C)(C)CCC(CC(C)(C)C)C(C)C. The van der Waals surface area contributed by atoms with Gasteiger partial charge in [0.1, 0.15) is 0 Å². The van der Waals surface area contributed by atoms with Crippen LogP contribution in [0.25, 0.3) is 0 Å². The van der Waals surface area contributed by atoms with Crippen LogP contribution in [-0.4, -0.2) is 0 Å². The van der Waals surface area contributed by atoms with Crippen LogP contribution in [0.5, 0.6) is 0 Å². The molecular weight excluding hydrogens is 192 g/mol. The molecule has 0 rings (SSSR count). The van der Waals surface area contributed by atoms with E-state index in [2.05, 4.69) is 55.4 Å². The van der Waals surface area contributed by atoms with E-state index in [9.17, 15) is 0 Å². The minimum Gasteiger partial charge on any atom is -0.0649 e. The van der Waals surface area contributed by atoms with Crippen LogP contribution in [0, 0.1) is 22.7 Å². The van der Waals surface area contributed by atoms with Gasteiger partial charge in [0.15, 0.2) is 0 Å². The predicted octanol–water partition coefficient (Wildman–Crippen LogP) is 5.91. The van der Waals surface area contributed by atoms with Gasteiger partial charge in [-0.3, -0.25) is 0 Å². The van der Waals surface area contributed by atoms with E-state index in [4.69, 9.17) is 0 Å². The Balaban J connectivity index is 4.26. The summed E-state index contributed by atoms with van der Waals surface area (Å²) in [5.41, 5.74) is 1.01. The molecule has 98 valence electrons. The molecule has 1 unspecified atom stereocenters. The molecule has 1 atom stereocenters. The van der Waals surface area contributed by atoms with E-state index in [0.29, 0.717) is 10.8 Å². The summed E-state index contributed by atoms with van der Waals surface area (Å²) in [4.78, 5) is 0. The van der Waals surface area contributed by atoms with Crippen molar-refractivity contribution in [3.63, 3.8) is 0 Å². The van der Waals surface area contributed by atoms with Gasteiger partial charge in [-0.25, -0.2) is 0 Å². The highest BCUT2D eigenvalue weighted by Gasteiger charge is 2.24. The maximum Gasteiger partial charge on any atom is -0.0357 e. The minimum atomic E-state index is 0.477. The summed E-state index contributed by atoms with van der Waals surface area (Å²) >= 11 is 0. The lowest BCUT2D eigenvalue weighted by Crippen LogP contribution is -2.20. The monoisotopic (exact) mass is 226 g/mol. The van der Waals surface area contributed by atoms with Gasteiger partial charge in [-0.1, -0.05) is 61.8 Å².